The molecule has 0 aliphatic heterocycles. The first-order valence-electron chi connectivity index (χ1n) is 8.10. The van der Waals surface area contributed by atoms with Gasteiger partial charge in [0.05, 0.1) is 0 Å². The van der Waals surface area contributed by atoms with Crippen molar-refractivity contribution >= 4 is 0 Å². The van der Waals surface area contributed by atoms with Crippen LogP contribution in [-0.4, -0.2) is 22.1 Å². The van der Waals surface area contributed by atoms with Gasteiger partial charge in [0.15, 0.2) is 0 Å². The zero-order valence-corrected chi connectivity index (χ0v) is 13.3. The molecule has 2 aromatic rings. The Labute approximate surface area is 128 Å². The van der Waals surface area contributed by atoms with Crippen LogP contribution in [0, 0.1) is 0 Å². The second kappa shape index (κ2) is 8.63. The summed E-state index contributed by atoms with van der Waals surface area (Å²) in [5, 5.41) is 3.67. The van der Waals surface area contributed by atoms with Crippen LogP contribution < -0.4 is 5.32 Å². The van der Waals surface area contributed by atoms with E-state index in [1.165, 1.54) is 11.4 Å². The van der Waals surface area contributed by atoms with Crippen molar-refractivity contribution in [2.75, 3.05) is 6.54 Å². The molecule has 1 unspecified atom stereocenters. The molecule has 1 heterocycles. The fourth-order valence-electron chi connectivity index (χ4n) is 2.66. The van der Waals surface area contributed by atoms with Gasteiger partial charge in [0.2, 0.25) is 0 Å². The Morgan fingerprint density at radius 1 is 1.10 bits per heavy atom. The molecule has 0 amide bonds. The van der Waals surface area contributed by atoms with Gasteiger partial charge < -0.3 is 9.88 Å². The number of nitrogens with one attached hydrogen (secondary N) is 1. The summed E-state index contributed by atoms with van der Waals surface area (Å²) in [6.45, 7) is 6.54. The number of imidazole rings is 1. The second-order valence-corrected chi connectivity index (χ2v) is 5.58. The highest BCUT2D eigenvalue weighted by Gasteiger charge is 2.13. The van der Waals surface area contributed by atoms with Gasteiger partial charge in [-0.1, -0.05) is 44.2 Å². The highest BCUT2D eigenvalue weighted by Crippen LogP contribution is 2.09. The lowest BCUT2D eigenvalue weighted by molar-refractivity contribution is 0.482. The summed E-state index contributed by atoms with van der Waals surface area (Å²) < 4.78 is 2.28. The molecule has 0 aliphatic carbocycles. The minimum atomic E-state index is 0.449. The van der Waals surface area contributed by atoms with E-state index in [1.54, 1.807) is 0 Å². The third-order valence-electron chi connectivity index (χ3n) is 3.70. The highest BCUT2D eigenvalue weighted by atomic mass is 15.1. The van der Waals surface area contributed by atoms with Crippen LogP contribution >= 0.6 is 0 Å². The molecule has 3 heteroatoms. The molecule has 1 atom stereocenters. The molecular formula is C18H27N3. The highest BCUT2D eigenvalue weighted by molar-refractivity contribution is 5.16. The smallest absolute Gasteiger partial charge is 0.110 e. The predicted molar refractivity (Wildman–Crippen MR) is 88.4 cm³/mol. The lowest BCUT2D eigenvalue weighted by atomic mass is 10.0. The van der Waals surface area contributed by atoms with Crippen molar-refractivity contribution in [3.8, 4) is 0 Å². The lowest BCUT2D eigenvalue weighted by Crippen LogP contribution is -2.34. The minimum absolute atomic E-state index is 0.449. The number of hydrogen-bond donors (Lipinski definition) is 1. The number of benzene rings is 1. The van der Waals surface area contributed by atoms with Crippen LogP contribution in [0.5, 0.6) is 0 Å². The van der Waals surface area contributed by atoms with Crippen LogP contribution in [0.15, 0.2) is 42.7 Å². The Morgan fingerprint density at radius 3 is 2.62 bits per heavy atom. The molecule has 1 aromatic carbocycles. The zero-order valence-electron chi connectivity index (χ0n) is 13.3. The maximum Gasteiger partial charge on any atom is 0.110 e. The van der Waals surface area contributed by atoms with Crippen LogP contribution in [0.2, 0.25) is 0 Å². The van der Waals surface area contributed by atoms with Gasteiger partial charge in [-0.2, -0.15) is 0 Å². The summed E-state index contributed by atoms with van der Waals surface area (Å²) in [5.74, 6) is 1.20. The van der Waals surface area contributed by atoms with E-state index in [9.17, 15) is 0 Å². The first-order chi connectivity index (χ1) is 10.3. The normalized spacial score (nSPS) is 12.5. The van der Waals surface area contributed by atoms with Crippen LogP contribution in [0.4, 0.5) is 0 Å². The van der Waals surface area contributed by atoms with Crippen molar-refractivity contribution < 1.29 is 0 Å². The molecule has 0 radical (unpaired) electrons. The third kappa shape index (κ3) is 5.01. The first-order valence-corrected chi connectivity index (χ1v) is 8.10. The van der Waals surface area contributed by atoms with E-state index in [4.69, 9.17) is 0 Å². The largest absolute Gasteiger partial charge is 0.335 e. The van der Waals surface area contributed by atoms with E-state index in [-0.39, 0.29) is 0 Å². The molecular weight excluding hydrogens is 258 g/mol. The summed E-state index contributed by atoms with van der Waals surface area (Å²) in [7, 11) is 0. The van der Waals surface area contributed by atoms with Gasteiger partial charge in [-0.05, 0) is 31.4 Å². The predicted octanol–water partition coefficient (Wildman–Crippen LogP) is 3.45. The van der Waals surface area contributed by atoms with Crippen LogP contribution in [0.3, 0.4) is 0 Å². The Kier molecular flexibility index (Phi) is 6.48. The van der Waals surface area contributed by atoms with Crippen molar-refractivity contribution in [1.82, 2.24) is 14.9 Å². The average molecular weight is 285 g/mol. The number of aromatic nitrogens is 2. The Bertz CT molecular complexity index is 504. The molecule has 0 saturated heterocycles. The van der Waals surface area contributed by atoms with Gasteiger partial charge in [0.1, 0.15) is 5.82 Å². The van der Waals surface area contributed by atoms with Crippen molar-refractivity contribution in [3.05, 3.63) is 54.1 Å². The molecule has 2 rings (SSSR count). The van der Waals surface area contributed by atoms with Crippen molar-refractivity contribution in [3.63, 3.8) is 0 Å². The van der Waals surface area contributed by atoms with Gasteiger partial charge in [-0.25, -0.2) is 4.98 Å². The SMILES string of the molecule is CCCNC(Cc1ccccc1)Cc1nccn1CCC. The summed E-state index contributed by atoms with van der Waals surface area (Å²) >= 11 is 0. The summed E-state index contributed by atoms with van der Waals surface area (Å²) in [4.78, 5) is 4.55. The number of rotatable bonds is 9. The molecule has 114 valence electrons. The maximum atomic E-state index is 4.55. The van der Waals surface area contributed by atoms with E-state index in [0.29, 0.717) is 6.04 Å². The first kappa shape index (κ1) is 15.8. The van der Waals surface area contributed by atoms with Crippen LogP contribution in [0.25, 0.3) is 0 Å². The third-order valence-corrected chi connectivity index (χ3v) is 3.70. The van der Waals surface area contributed by atoms with Gasteiger partial charge in [0, 0.05) is 31.4 Å². The summed E-state index contributed by atoms with van der Waals surface area (Å²) in [6.07, 6.45) is 8.37. The zero-order chi connectivity index (χ0) is 14.9. The van der Waals surface area contributed by atoms with Gasteiger partial charge in [0.25, 0.3) is 0 Å². The molecule has 0 bridgehead atoms. The van der Waals surface area contributed by atoms with E-state index in [2.05, 4.69) is 65.2 Å². The fraction of sp³-hybridized carbons (Fsp3) is 0.500. The molecule has 1 N–H and O–H groups in total. The van der Waals surface area contributed by atoms with E-state index in [1.807, 2.05) is 6.20 Å². The van der Waals surface area contributed by atoms with Gasteiger partial charge >= 0.3 is 0 Å². The summed E-state index contributed by atoms with van der Waals surface area (Å²) in [6, 6.07) is 11.2. The molecule has 0 saturated carbocycles. The van der Waals surface area contributed by atoms with Crippen molar-refractivity contribution in [1.29, 1.82) is 0 Å². The van der Waals surface area contributed by atoms with Crippen molar-refractivity contribution in [2.45, 2.75) is 52.1 Å². The number of nitrogens with zero attached hydrogens (tertiary/aromatic N) is 2. The molecule has 0 aliphatic rings. The summed E-state index contributed by atoms with van der Waals surface area (Å²) in [5.41, 5.74) is 1.39. The molecule has 1 aromatic heterocycles. The second-order valence-electron chi connectivity index (χ2n) is 5.58. The quantitative estimate of drug-likeness (QED) is 0.765. The van der Waals surface area contributed by atoms with E-state index >= 15 is 0 Å². The molecule has 21 heavy (non-hydrogen) atoms. The monoisotopic (exact) mass is 285 g/mol. The number of hydrogen-bond acceptors (Lipinski definition) is 2. The fourth-order valence-corrected chi connectivity index (χ4v) is 2.66. The Morgan fingerprint density at radius 2 is 1.90 bits per heavy atom. The Hall–Kier alpha value is -1.61. The molecule has 0 spiro atoms. The van der Waals surface area contributed by atoms with Gasteiger partial charge in [-0.15, -0.1) is 0 Å². The van der Waals surface area contributed by atoms with Crippen molar-refractivity contribution in [2.24, 2.45) is 0 Å². The van der Waals surface area contributed by atoms with Gasteiger partial charge in [-0.3, -0.25) is 0 Å². The van der Waals surface area contributed by atoms with Crippen LogP contribution in [-0.2, 0) is 19.4 Å². The lowest BCUT2D eigenvalue weighted by Gasteiger charge is -2.19. The average Bonchev–Trinajstić information content (AvgIpc) is 2.93. The van der Waals surface area contributed by atoms with Crippen LogP contribution in [0.1, 0.15) is 38.1 Å². The number of aryl methyl sites for hydroxylation is 1. The topological polar surface area (TPSA) is 29.9 Å². The minimum Gasteiger partial charge on any atom is -0.335 e. The standard InChI is InChI=1S/C18H27N3/c1-3-10-19-17(14-16-8-6-5-7-9-16)15-18-20-11-13-21(18)12-4-2/h5-9,11,13,17,19H,3-4,10,12,14-15H2,1-2H3. The Balaban J connectivity index is 2.03. The maximum absolute atomic E-state index is 4.55. The van der Waals surface area contributed by atoms with E-state index < -0.39 is 0 Å². The molecule has 0 fully saturated rings. The van der Waals surface area contributed by atoms with E-state index in [0.717, 1.165) is 38.8 Å². The molecule has 3 nitrogen and oxygen atoms in total.